The zero-order valence-corrected chi connectivity index (χ0v) is 14.0. The van der Waals surface area contributed by atoms with Crippen LogP contribution in [0.1, 0.15) is 45.6 Å². The molecule has 0 radical (unpaired) electrons. The van der Waals surface area contributed by atoms with Crippen LogP contribution in [0.15, 0.2) is 30.3 Å². The molecule has 0 unspecified atom stereocenters. The second-order valence-electron chi connectivity index (χ2n) is 7.71. The molecule has 1 aromatic rings. The summed E-state index contributed by atoms with van der Waals surface area (Å²) >= 11 is 0. The number of benzene rings is 1. The van der Waals surface area contributed by atoms with Crippen molar-refractivity contribution in [1.82, 2.24) is 9.80 Å². The van der Waals surface area contributed by atoms with Gasteiger partial charge in [-0.15, -0.1) is 0 Å². The minimum Gasteiger partial charge on any atom is -0.291 e. The molecule has 0 N–H and O–H groups in total. The first-order chi connectivity index (χ1) is 10.5. The largest absolute Gasteiger partial charge is 0.291 e. The van der Waals surface area contributed by atoms with Gasteiger partial charge in [0.15, 0.2) is 0 Å². The number of nitriles is 1. The van der Waals surface area contributed by atoms with E-state index in [1.807, 2.05) is 0 Å². The predicted octanol–water partition coefficient (Wildman–Crippen LogP) is 3.42. The van der Waals surface area contributed by atoms with Gasteiger partial charge in [0, 0.05) is 36.8 Å². The van der Waals surface area contributed by atoms with Crippen molar-refractivity contribution >= 4 is 0 Å². The Hall–Kier alpha value is -1.37. The molecule has 2 bridgehead atoms. The van der Waals surface area contributed by atoms with Crippen LogP contribution in [-0.2, 0) is 6.54 Å². The summed E-state index contributed by atoms with van der Waals surface area (Å²) in [6.45, 7) is 8.96. The van der Waals surface area contributed by atoms with Crippen molar-refractivity contribution in [1.29, 1.82) is 5.26 Å². The Balaban J connectivity index is 1.82. The summed E-state index contributed by atoms with van der Waals surface area (Å²) < 4.78 is 0. The number of fused-ring (bicyclic) bond motifs is 2. The summed E-state index contributed by atoms with van der Waals surface area (Å²) in [5.74, 6) is 0. The fourth-order valence-electron chi connectivity index (χ4n) is 4.30. The Morgan fingerprint density at radius 3 is 2.55 bits per heavy atom. The van der Waals surface area contributed by atoms with Crippen molar-refractivity contribution in [3.05, 3.63) is 35.9 Å². The molecule has 3 nitrogen and oxygen atoms in total. The highest BCUT2D eigenvalue weighted by Crippen LogP contribution is 2.39. The second kappa shape index (κ2) is 6.02. The van der Waals surface area contributed by atoms with Crippen LogP contribution in [0.5, 0.6) is 0 Å². The minimum absolute atomic E-state index is 0.140. The van der Waals surface area contributed by atoms with Crippen molar-refractivity contribution in [2.75, 3.05) is 6.54 Å². The molecule has 22 heavy (non-hydrogen) atoms. The Bertz CT molecular complexity index is 540. The first-order valence-corrected chi connectivity index (χ1v) is 8.44. The Labute approximate surface area is 134 Å². The van der Waals surface area contributed by atoms with Gasteiger partial charge in [-0.05, 0) is 39.2 Å². The van der Waals surface area contributed by atoms with Crippen LogP contribution >= 0.6 is 0 Å². The Morgan fingerprint density at radius 1 is 1.18 bits per heavy atom. The smallest absolute Gasteiger partial charge is 0.0638 e. The van der Waals surface area contributed by atoms with E-state index in [4.69, 9.17) is 0 Å². The van der Waals surface area contributed by atoms with Crippen LogP contribution in [-0.4, -0.2) is 40.0 Å². The predicted molar refractivity (Wildman–Crippen MR) is 89.3 cm³/mol. The van der Waals surface area contributed by atoms with E-state index in [0.29, 0.717) is 24.5 Å². The molecular formula is C19H27N3. The van der Waals surface area contributed by atoms with Gasteiger partial charge >= 0.3 is 0 Å². The first-order valence-electron chi connectivity index (χ1n) is 8.44. The lowest BCUT2D eigenvalue weighted by atomic mass is 9.93. The van der Waals surface area contributed by atoms with Crippen molar-refractivity contribution in [3.8, 4) is 6.07 Å². The summed E-state index contributed by atoms with van der Waals surface area (Å²) in [5.41, 5.74) is 1.53. The lowest BCUT2D eigenvalue weighted by Crippen LogP contribution is -2.63. The van der Waals surface area contributed by atoms with Crippen LogP contribution in [0, 0.1) is 11.3 Å². The first kappa shape index (κ1) is 15.5. The van der Waals surface area contributed by atoms with Crippen molar-refractivity contribution in [2.24, 2.45) is 0 Å². The summed E-state index contributed by atoms with van der Waals surface area (Å²) in [5, 5.41) is 9.31. The van der Waals surface area contributed by atoms with Gasteiger partial charge < -0.3 is 0 Å². The van der Waals surface area contributed by atoms with E-state index in [9.17, 15) is 5.26 Å². The lowest BCUT2D eigenvalue weighted by molar-refractivity contribution is -0.0352. The van der Waals surface area contributed by atoms with E-state index in [1.54, 1.807) is 0 Å². The number of likely N-dealkylation sites (tertiary alicyclic amines) is 1. The van der Waals surface area contributed by atoms with Gasteiger partial charge in [0.1, 0.15) is 0 Å². The lowest BCUT2D eigenvalue weighted by Gasteiger charge is -2.51. The van der Waals surface area contributed by atoms with Gasteiger partial charge in [-0.1, -0.05) is 30.3 Å². The number of rotatable bonds is 3. The fourth-order valence-corrected chi connectivity index (χ4v) is 4.30. The Morgan fingerprint density at radius 2 is 1.91 bits per heavy atom. The van der Waals surface area contributed by atoms with Crippen molar-refractivity contribution < 1.29 is 0 Å². The molecule has 2 aliphatic rings. The van der Waals surface area contributed by atoms with E-state index in [1.165, 1.54) is 18.4 Å². The molecule has 0 aromatic heterocycles. The summed E-state index contributed by atoms with van der Waals surface area (Å²) in [4.78, 5) is 5.25. The van der Waals surface area contributed by atoms with Gasteiger partial charge in [-0.3, -0.25) is 9.80 Å². The third-order valence-corrected chi connectivity index (χ3v) is 5.31. The van der Waals surface area contributed by atoms with E-state index in [2.05, 4.69) is 67.0 Å². The molecule has 118 valence electrons. The molecule has 0 aliphatic carbocycles. The van der Waals surface area contributed by atoms with Gasteiger partial charge in [-0.2, -0.15) is 5.26 Å². The van der Waals surface area contributed by atoms with E-state index in [0.717, 1.165) is 13.1 Å². The molecule has 0 saturated carbocycles. The van der Waals surface area contributed by atoms with Gasteiger partial charge in [-0.25, -0.2) is 0 Å². The minimum atomic E-state index is 0.140. The standard InChI is InChI=1S/C19H27N3/c1-19(2,3)22-14-16-9-10-17(18(22)11-12-20)21(16)13-15-7-5-4-6-8-15/h4-8,16-18H,9-11,13-14H2,1-3H3/t16-,17+,18+/m0/s1. The molecule has 3 rings (SSSR count). The second-order valence-corrected chi connectivity index (χ2v) is 7.71. The normalized spacial score (nSPS) is 29.5. The highest BCUT2D eigenvalue weighted by molar-refractivity contribution is 5.17. The van der Waals surface area contributed by atoms with Crippen molar-refractivity contribution in [2.45, 2.75) is 70.2 Å². The summed E-state index contributed by atoms with van der Waals surface area (Å²) in [6, 6.07) is 14.7. The average Bonchev–Trinajstić information content (AvgIpc) is 2.74. The maximum Gasteiger partial charge on any atom is 0.0638 e. The van der Waals surface area contributed by atoms with Gasteiger partial charge in [0.2, 0.25) is 0 Å². The van der Waals surface area contributed by atoms with Gasteiger partial charge in [0.05, 0.1) is 12.5 Å². The van der Waals surface area contributed by atoms with E-state index in [-0.39, 0.29) is 5.54 Å². The third kappa shape index (κ3) is 2.91. The fraction of sp³-hybridized carbons (Fsp3) is 0.632. The maximum absolute atomic E-state index is 9.31. The number of hydrogen-bond donors (Lipinski definition) is 0. The molecule has 3 heteroatoms. The highest BCUT2D eigenvalue weighted by Gasteiger charge is 2.48. The van der Waals surface area contributed by atoms with E-state index >= 15 is 0 Å². The molecule has 2 heterocycles. The molecule has 2 saturated heterocycles. The molecule has 0 amide bonds. The monoisotopic (exact) mass is 297 g/mol. The average molecular weight is 297 g/mol. The molecule has 2 fully saturated rings. The number of nitrogens with zero attached hydrogens (tertiary/aromatic N) is 3. The van der Waals surface area contributed by atoms with Crippen LogP contribution in [0.4, 0.5) is 0 Å². The molecule has 3 atom stereocenters. The third-order valence-electron chi connectivity index (χ3n) is 5.31. The molecule has 1 aromatic carbocycles. The summed E-state index contributed by atoms with van der Waals surface area (Å²) in [6.07, 6.45) is 3.14. The van der Waals surface area contributed by atoms with Crippen LogP contribution in [0.25, 0.3) is 0 Å². The maximum atomic E-state index is 9.31. The zero-order valence-electron chi connectivity index (χ0n) is 14.0. The molecule has 0 spiro atoms. The molecule has 2 aliphatic heterocycles. The quantitative estimate of drug-likeness (QED) is 0.856. The summed E-state index contributed by atoms with van der Waals surface area (Å²) in [7, 11) is 0. The topological polar surface area (TPSA) is 30.3 Å². The van der Waals surface area contributed by atoms with Crippen molar-refractivity contribution in [3.63, 3.8) is 0 Å². The molecular weight excluding hydrogens is 270 g/mol. The zero-order chi connectivity index (χ0) is 15.7. The number of hydrogen-bond acceptors (Lipinski definition) is 3. The van der Waals surface area contributed by atoms with Gasteiger partial charge in [0.25, 0.3) is 0 Å². The number of piperazine rings is 1. The van der Waals surface area contributed by atoms with Crippen LogP contribution in [0.3, 0.4) is 0 Å². The highest BCUT2D eigenvalue weighted by atomic mass is 15.4. The van der Waals surface area contributed by atoms with Crippen LogP contribution in [0.2, 0.25) is 0 Å². The Kier molecular flexibility index (Phi) is 4.25. The SMILES string of the molecule is CC(C)(C)N1C[C@@H]2CC[C@H]([C@H]1CC#N)N2Cc1ccccc1. The van der Waals surface area contributed by atoms with E-state index < -0.39 is 0 Å². The van der Waals surface area contributed by atoms with Crippen LogP contribution < -0.4 is 0 Å².